The van der Waals surface area contributed by atoms with E-state index in [0.29, 0.717) is 6.07 Å². The van der Waals surface area contributed by atoms with E-state index in [-0.39, 0.29) is 17.0 Å². The Hall–Kier alpha value is -2.89. The minimum absolute atomic E-state index is 0.0368. The Kier molecular flexibility index (Phi) is 6.20. The van der Waals surface area contributed by atoms with Crippen molar-refractivity contribution in [2.24, 2.45) is 0 Å². The SMILES string of the molecule is O=C(NNc1ccc(F)c(F)c1F)c1ccc(S(=O)(=O)NCc2cccs2)cc1. The maximum atomic E-state index is 13.6. The second-order valence-electron chi connectivity index (χ2n) is 5.73. The van der Waals surface area contributed by atoms with E-state index in [1.807, 2.05) is 11.4 Å². The maximum Gasteiger partial charge on any atom is 0.269 e. The number of nitrogens with one attached hydrogen (secondary N) is 3. The maximum absolute atomic E-state index is 13.6. The molecule has 0 unspecified atom stereocenters. The van der Waals surface area contributed by atoms with Crippen molar-refractivity contribution in [3.63, 3.8) is 0 Å². The van der Waals surface area contributed by atoms with Gasteiger partial charge in [-0.15, -0.1) is 11.3 Å². The van der Waals surface area contributed by atoms with Gasteiger partial charge < -0.3 is 0 Å². The average Bonchev–Trinajstić information content (AvgIpc) is 3.24. The molecular weight excluding hydrogens is 427 g/mol. The van der Waals surface area contributed by atoms with Crippen LogP contribution in [0.4, 0.5) is 18.9 Å². The summed E-state index contributed by atoms with van der Waals surface area (Å²) in [5, 5.41) is 1.83. The Bertz CT molecular complexity index is 1120. The van der Waals surface area contributed by atoms with Crippen LogP contribution in [0.15, 0.2) is 58.8 Å². The van der Waals surface area contributed by atoms with Crippen LogP contribution < -0.4 is 15.6 Å². The number of amides is 1. The van der Waals surface area contributed by atoms with E-state index in [2.05, 4.69) is 15.6 Å². The summed E-state index contributed by atoms with van der Waals surface area (Å²) in [4.78, 5) is 12.9. The van der Waals surface area contributed by atoms with Gasteiger partial charge in [-0.3, -0.25) is 15.6 Å². The van der Waals surface area contributed by atoms with Gasteiger partial charge in [0, 0.05) is 17.0 Å². The summed E-state index contributed by atoms with van der Waals surface area (Å²) in [7, 11) is -3.77. The van der Waals surface area contributed by atoms with Crippen LogP contribution in [0.5, 0.6) is 0 Å². The van der Waals surface area contributed by atoms with Crippen molar-refractivity contribution in [2.45, 2.75) is 11.4 Å². The van der Waals surface area contributed by atoms with Gasteiger partial charge in [-0.05, 0) is 47.8 Å². The number of hydrogen-bond donors (Lipinski definition) is 3. The van der Waals surface area contributed by atoms with Crippen molar-refractivity contribution in [1.29, 1.82) is 0 Å². The predicted molar refractivity (Wildman–Crippen MR) is 102 cm³/mol. The number of benzene rings is 2. The molecule has 0 aliphatic heterocycles. The lowest BCUT2D eigenvalue weighted by atomic mass is 10.2. The van der Waals surface area contributed by atoms with Crippen LogP contribution in [0.2, 0.25) is 0 Å². The third-order valence-electron chi connectivity index (χ3n) is 3.79. The molecule has 29 heavy (non-hydrogen) atoms. The number of carbonyl (C=O) groups is 1. The number of rotatable bonds is 7. The first-order chi connectivity index (χ1) is 13.8. The first-order valence-corrected chi connectivity index (χ1v) is 10.5. The molecule has 1 aromatic heterocycles. The van der Waals surface area contributed by atoms with Gasteiger partial charge in [-0.1, -0.05) is 6.07 Å². The molecule has 3 rings (SSSR count). The summed E-state index contributed by atoms with van der Waals surface area (Å²) in [6.07, 6.45) is 0. The Labute approximate surface area is 168 Å². The van der Waals surface area contributed by atoms with Crippen LogP contribution in [0.25, 0.3) is 0 Å². The van der Waals surface area contributed by atoms with E-state index < -0.39 is 39.1 Å². The van der Waals surface area contributed by atoms with Gasteiger partial charge in [0.1, 0.15) is 0 Å². The molecule has 152 valence electrons. The first-order valence-electron chi connectivity index (χ1n) is 8.10. The number of carbonyl (C=O) groups excluding carboxylic acids is 1. The number of thiophene rings is 1. The number of anilines is 1. The van der Waals surface area contributed by atoms with Crippen molar-refractivity contribution in [3.05, 3.63) is 81.8 Å². The lowest BCUT2D eigenvalue weighted by Crippen LogP contribution is -2.30. The monoisotopic (exact) mass is 441 g/mol. The molecule has 3 aromatic rings. The quantitative estimate of drug-likeness (QED) is 0.387. The van der Waals surface area contributed by atoms with Crippen LogP contribution in [-0.2, 0) is 16.6 Å². The molecule has 1 amide bonds. The number of hydrogen-bond acceptors (Lipinski definition) is 5. The van der Waals surface area contributed by atoms with Gasteiger partial charge in [-0.2, -0.15) is 0 Å². The Morgan fingerprint density at radius 3 is 2.34 bits per heavy atom. The summed E-state index contributed by atoms with van der Waals surface area (Å²) in [6, 6.07) is 10.2. The largest absolute Gasteiger partial charge is 0.295 e. The second-order valence-corrected chi connectivity index (χ2v) is 8.53. The zero-order chi connectivity index (χ0) is 21.0. The fourth-order valence-electron chi connectivity index (χ4n) is 2.27. The topological polar surface area (TPSA) is 87.3 Å². The highest BCUT2D eigenvalue weighted by Gasteiger charge is 2.16. The Morgan fingerprint density at radius 1 is 0.966 bits per heavy atom. The van der Waals surface area contributed by atoms with Crippen molar-refractivity contribution in [3.8, 4) is 0 Å². The molecule has 0 aliphatic rings. The second kappa shape index (κ2) is 8.64. The number of hydrazine groups is 1. The van der Waals surface area contributed by atoms with E-state index >= 15 is 0 Å². The Morgan fingerprint density at radius 2 is 1.69 bits per heavy atom. The molecule has 2 aromatic carbocycles. The zero-order valence-electron chi connectivity index (χ0n) is 14.6. The Balaban J connectivity index is 1.63. The van der Waals surface area contributed by atoms with E-state index in [9.17, 15) is 26.4 Å². The lowest BCUT2D eigenvalue weighted by Gasteiger charge is -2.11. The lowest BCUT2D eigenvalue weighted by molar-refractivity contribution is 0.0962. The molecule has 1 heterocycles. The van der Waals surface area contributed by atoms with Gasteiger partial charge in [-0.25, -0.2) is 26.3 Å². The highest BCUT2D eigenvalue weighted by atomic mass is 32.2. The fraction of sp³-hybridized carbons (Fsp3) is 0.0556. The summed E-state index contributed by atoms with van der Waals surface area (Å²) < 4.78 is 66.7. The van der Waals surface area contributed by atoms with Crippen molar-refractivity contribution in [2.75, 3.05) is 5.43 Å². The van der Waals surface area contributed by atoms with Crippen LogP contribution >= 0.6 is 11.3 Å². The predicted octanol–water partition coefficient (Wildman–Crippen LogP) is 3.40. The van der Waals surface area contributed by atoms with Gasteiger partial charge in [0.25, 0.3) is 5.91 Å². The molecule has 11 heteroatoms. The first kappa shape index (κ1) is 20.8. The van der Waals surface area contributed by atoms with E-state index in [1.165, 1.54) is 35.6 Å². The highest BCUT2D eigenvalue weighted by molar-refractivity contribution is 7.89. The van der Waals surface area contributed by atoms with Gasteiger partial charge in [0.15, 0.2) is 17.5 Å². The zero-order valence-corrected chi connectivity index (χ0v) is 16.2. The molecule has 0 fully saturated rings. The summed E-state index contributed by atoms with van der Waals surface area (Å²) in [5.41, 5.74) is 3.88. The number of sulfonamides is 1. The average molecular weight is 441 g/mol. The van der Waals surface area contributed by atoms with E-state index in [1.54, 1.807) is 6.07 Å². The van der Waals surface area contributed by atoms with E-state index in [4.69, 9.17) is 0 Å². The third-order valence-corrected chi connectivity index (χ3v) is 6.08. The van der Waals surface area contributed by atoms with Crippen LogP contribution in [0.3, 0.4) is 0 Å². The number of halogens is 3. The van der Waals surface area contributed by atoms with Gasteiger partial charge in [0.05, 0.1) is 10.6 Å². The molecule has 0 atom stereocenters. The minimum atomic E-state index is -3.77. The smallest absolute Gasteiger partial charge is 0.269 e. The van der Waals surface area contributed by atoms with Crippen LogP contribution in [0.1, 0.15) is 15.2 Å². The van der Waals surface area contributed by atoms with Crippen molar-refractivity contribution < 1.29 is 26.4 Å². The van der Waals surface area contributed by atoms with Crippen molar-refractivity contribution in [1.82, 2.24) is 10.1 Å². The molecular formula is C18H14F3N3O3S2. The molecule has 0 radical (unpaired) electrons. The molecule has 0 spiro atoms. The summed E-state index contributed by atoms with van der Waals surface area (Å²) in [5.74, 6) is -5.24. The van der Waals surface area contributed by atoms with E-state index in [0.717, 1.165) is 10.9 Å². The van der Waals surface area contributed by atoms with Crippen LogP contribution in [0, 0.1) is 17.5 Å². The summed E-state index contributed by atoms with van der Waals surface area (Å²) in [6.45, 7) is 0.145. The molecule has 0 aliphatic carbocycles. The summed E-state index contributed by atoms with van der Waals surface area (Å²) >= 11 is 1.41. The normalized spacial score (nSPS) is 11.3. The van der Waals surface area contributed by atoms with Gasteiger partial charge >= 0.3 is 0 Å². The fourth-order valence-corrected chi connectivity index (χ4v) is 4.01. The molecule has 0 bridgehead atoms. The molecule has 0 saturated carbocycles. The molecule has 0 saturated heterocycles. The highest BCUT2D eigenvalue weighted by Crippen LogP contribution is 2.19. The van der Waals surface area contributed by atoms with Gasteiger partial charge in [0.2, 0.25) is 10.0 Å². The van der Waals surface area contributed by atoms with Crippen LogP contribution in [-0.4, -0.2) is 14.3 Å². The van der Waals surface area contributed by atoms with Crippen molar-refractivity contribution >= 4 is 33.0 Å². The molecule has 6 nitrogen and oxygen atoms in total. The minimum Gasteiger partial charge on any atom is -0.295 e. The molecule has 3 N–H and O–H groups in total. The third kappa shape index (κ3) is 4.94. The standard InChI is InChI=1S/C18H14F3N3O3S2/c19-14-7-8-15(17(21)16(14)20)23-24-18(25)11-3-5-13(6-4-11)29(26,27)22-10-12-2-1-9-28-12/h1-9,22-23H,10H2,(H,24,25).